The van der Waals surface area contributed by atoms with Crippen LogP contribution in [0, 0.1) is 0 Å². The van der Waals surface area contributed by atoms with Gasteiger partial charge >= 0.3 is 0 Å². The number of nitrogens with zero attached hydrogens (tertiary/aromatic N) is 3. The van der Waals surface area contributed by atoms with E-state index in [1.807, 2.05) is 17.0 Å². The van der Waals surface area contributed by atoms with Crippen LogP contribution in [-0.4, -0.2) is 69.1 Å². The number of amides is 1. The van der Waals surface area contributed by atoms with E-state index in [0.29, 0.717) is 30.3 Å². The molecular weight excluding hydrogens is 350 g/mol. The summed E-state index contributed by atoms with van der Waals surface area (Å²) in [6.45, 7) is 3.85. The van der Waals surface area contributed by atoms with Crippen molar-refractivity contribution in [2.75, 3.05) is 43.3 Å². The number of piperazine rings is 1. The second-order valence-corrected chi connectivity index (χ2v) is 9.60. The predicted octanol–water partition coefficient (Wildman–Crippen LogP) is 1.71. The molecule has 1 aromatic carbocycles. The lowest BCUT2D eigenvalue weighted by molar-refractivity contribution is 0.0573. The van der Waals surface area contributed by atoms with Crippen molar-refractivity contribution in [1.29, 1.82) is 0 Å². The van der Waals surface area contributed by atoms with Crippen molar-refractivity contribution in [3.63, 3.8) is 0 Å². The number of hydrogen-bond acceptors (Lipinski definition) is 4. The molecule has 0 bridgehead atoms. The smallest absolute Gasteiger partial charge is 0.254 e. The van der Waals surface area contributed by atoms with Crippen LogP contribution in [0.5, 0.6) is 0 Å². The van der Waals surface area contributed by atoms with Gasteiger partial charge in [-0.15, -0.1) is 0 Å². The largest absolute Gasteiger partial charge is 0.336 e. The third kappa shape index (κ3) is 3.34. The normalized spacial score (nSPS) is 22.0. The number of benzene rings is 1. The highest BCUT2D eigenvalue weighted by atomic mass is 32.2. The molecule has 1 aromatic rings. The molecule has 7 heteroatoms. The average Bonchev–Trinajstić information content (AvgIpc) is 3.30. The molecule has 2 heterocycles. The highest BCUT2D eigenvalue weighted by Gasteiger charge is 2.30. The molecule has 4 rings (SSSR count). The van der Waals surface area contributed by atoms with Crippen LogP contribution in [0.3, 0.4) is 0 Å². The molecule has 3 aliphatic rings. The summed E-state index contributed by atoms with van der Waals surface area (Å²) in [6, 6.07) is 6.21. The van der Waals surface area contributed by atoms with Crippen molar-refractivity contribution in [2.45, 2.75) is 38.1 Å². The number of fused-ring (bicyclic) bond motifs is 1. The van der Waals surface area contributed by atoms with Crippen LogP contribution in [0.15, 0.2) is 18.2 Å². The summed E-state index contributed by atoms with van der Waals surface area (Å²) >= 11 is 0. The summed E-state index contributed by atoms with van der Waals surface area (Å²) < 4.78 is 25.3. The summed E-state index contributed by atoms with van der Waals surface area (Å²) in [5.74, 6) is 0.0132. The number of carbonyl (C=O) groups excluding carboxylic acids is 1. The topological polar surface area (TPSA) is 60.9 Å². The molecule has 0 radical (unpaired) electrons. The molecule has 2 fully saturated rings. The Kier molecular flexibility index (Phi) is 4.69. The van der Waals surface area contributed by atoms with Crippen LogP contribution < -0.4 is 4.31 Å². The first-order valence-electron chi connectivity index (χ1n) is 9.57. The Morgan fingerprint density at radius 3 is 2.38 bits per heavy atom. The van der Waals surface area contributed by atoms with Gasteiger partial charge in [0.1, 0.15) is 0 Å². The minimum Gasteiger partial charge on any atom is -0.336 e. The molecule has 1 saturated carbocycles. The Bertz CT molecular complexity index is 794. The van der Waals surface area contributed by atoms with Gasteiger partial charge in [0.2, 0.25) is 10.0 Å². The molecule has 0 aromatic heterocycles. The Hall–Kier alpha value is -1.60. The zero-order chi connectivity index (χ0) is 18.3. The van der Waals surface area contributed by atoms with E-state index in [1.165, 1.54) is 36.2 Å². The van der Waals surface area contributed by atoms with Gasteiger partial charge < -0.3 is 4.90 Å². The Balaban J connectivity index is 1.46. The van der Waals surface area contributed by atoms with E-state index in [9.17, 15) is 13.2 Å². The van der Waals surface area contributed by atoms with E-state index in [4.69, 9.17) is 0 Å². The lowest BCUT2D eigenvalue weighted by Gasteiger charge is -2.38. The van der Waals surface area contributed by atoms with Crippen LogP contribution in [-0.2, 0) is 16.4 Å². The van der Waals surface area contributed by atoms with Gasteiger partial charge in [-0.2, -0.15) is 0 Å². The molecule has 26 heavy (non-hydrogen) atoms. The van der Waals surface area contributed by atoms with Crippen molar-refractivity contribution < 1.29 is 13.2 Å². The average molecular weight is 378 g/mol. The van der Waals surface area contributed by atoms with Crippen molar-refractivity contribution >= 4 is 21.6 Å². The first kappa shape index (κ1) is 17.8. The fraction of sp³-hybridized carbons (Fsp3) is 0.632. The number of anilines is 1. The maximum absolute atomic E-state index is 12.9. The van der Waals surface area contributed by atoms with Crippen molar-refractivity contribution in [3.05, 3.63) is 29.3 Å². The molecule has 0 atom stereocenters. The Morgan fingerprint density at radius 1 is 1.04 bits per heavy atom. The maximum atomic E-state index is 12.9. The van der Waals surface area contributed by atoms with Crippen LogP contribution in [0.2, 0.25) is 0 Å². The standard InChI is InChI=1S/C19H27N3O3S/c1-26(24,25)22-9-8-15-6-7-16(14-18(15)22)19(23)21-12-10-20(11-13-21)17-4-2-3-5-17/h6-7,14,17H,2-5,8-13H2,1H3. The van der Waals surface area contributed by atoms with E-state index >= 15 is 0 Å². The van der Waals surface area contributed by atoms with E-state index in [1.54, 1.807) is 6.07 Å². The summed E-state index contributed by atoms with van der Waals surface area (Å²) in [6.07, 6.45) is 7.17. The van der Waals surface area contributed by atoms with Gasteiger partial charge in [-0.05, 0) is 37.0 Å². The van der Waals surface area contributed by atoms with Crippen LogP contribution >= 0.6 is 0 Å². The van der Waals surface area contributed by atoms with E-state index in [2.05, 4.69) is 4.90 Å². The number of carbonyl (C=O) groups is 1. The van der Waals surface area contributed by atoms with Crippen molar-refractivity contribution in [1.82, 2.24) is 9.80 Å². The van der Waals surface area contributed by atoms with Crippen molar-refractivity contribution in [3.8, 4) is 0 Å². The first-order valence-corrected chi connectivity index (χ1v) is 11.4. The van der Waals surface area contributed by atoms with Crippen molar-refractivity contribution in [2.24, 2.45) is 0 Å². The lowest BCUT2D eigenvalue weighted by Crippen LogP contribution is -2.51. The SMILES string of the molecule is CS(=O)(=O)N1CCc2ccc(C(=O)N3CCN(C4CCCC4)CC3)cc21. The predicted molar refractivity (Wildman–Crippen MR) is 102 cm³/mol. The molecule has 1 amide bonds. The van der Waals surface area contributed by atoms with Gasteiger partial charge in [0.25, 0.3) is 5.91 Å². The highest BCUT2D eigenvalue weighted by molar-refractivity contribution is 7.92. The third-order valence-corrected chi connectivity index (χ3v) is 7.21. The molecule has 0 unspecified atom stereocenters. The maximum Gasteiger partial charge on any atom is 0.254 e. The summed E-state index contributed by atoms with van der Waals surface area (Å²) in [5, 5.41) is 0. The number of rotatable bonds is 3. The minimum atomic E-state index is -3.30. The first-order chi connectivity index (χ1) is 12.4. The molecule has 0 spiro atoms. The molecule has 1 saturated heterocycles. The lowest BCUT2D eigenvalue weighted by atomic mass is 10.1. The Labute approximate surface area is 155 Å². The second kappa shape index (κ2) is 6.85. The van der Waals surface area contributed by atoms with Gasteiger partial charge in [-0.3, -0.25) is 14.0 Å². The zero-order valence-corrected chi connectivity index (χ0v) is 16.2. The van der Waals surface area contributed by atoms with Crippen LogP contribution in [0.1, 0.15) is 41.6 Å². The van der Waals surface area contributed by atoms with Gasteiger partial charge in [0.05, 0.1) is 11.9 Å². The van der Waals surface area contributed by atoms with Gasteiger partial charge in [-0.1, -0.05) is 18.9 Å². The second-order valence-electron chi connectivity index (χ2n) is 7.70. The van der Waals surface area contributed by atoms with Gasteiger partial charge in [0.15, 0.2) is 0 Å². The van der Waals surface area contributed by atoms with Crippen LogP contribution in [0.25, 0.3) is 0 Å². The molecule has 1 aliphatic carbocycles. The zero-order valence-electron chi connectivity index (χ0n) is 15.4. The van der Waals surface area contributed by atoms with E-state index in [0.717, 1.165) is 31.7 Å². The third-order valence-electron chi connectivity index (χ3n) is 6.03. The van der Waals surface area contributed by atoms with E-state index in [-0.39, 0.29) is 5.91 Å². The fourth-order valence-electron chi connectivity index (χ4n) is 4.57. The molecule has 142 valence electrons. The minimum absolute atomic E-state index is 0.0132. The van der Waals surface area contributed by atoms with Crippen LogP contribution in [0.4, 0.5) is 5.69 Å². The van der Waals surface area contributed by atoms with Gasteiger partial charge in [-0.25, -0.2) is 8.42 Å². The summed E-state index contributed by atoms with van der Waals surface area (Å²) in [7, 11) is -3.30. The summed E-state index contributed by atoms with van der Waals surface area (Å²) in [4.78, 5) is 17.4. The van der Waals surface area contributed by atoms with E-state index < -0.39 is 10.0 Å². The molecule has 6 nitrogen and oxygen atoms in total. The quantitative estimate of drug-likeness (QED) is 0.805. The molecule has 2 aliphatic heterocycles. The summed E-state index contributed by atoms with van der Waals surface area (Å²) in [5.41, 5.74) is 2.26. The number of sulfonamides is 1. The molecule has 0 N–H and O–H groups in total. The Morgan fingerprint density at radius 2 is 1.73 bits per heavy atom. The fourth-order valence-corrected chi connectivity index (χ4v) is 5.52. The molecular formula is C19H27N3O3S. The number of hydrogen-bond donors (Lipinski definition) is 0. The monoisotopic (exact) mass is 377 g/mol. The highest BCUT2D eigenvalue weighted by Crippen LogP contribution is 2.31. The van der Waals surface area contributed by atoms with Gasteiger partial charge in [0, 0.05) is 44.3 Å².